The zero-order valence-corrected chi connectivity index (χ0v) is 12.0. The Hall–Kier alpha value is -2.36. The lowest BCUT2D eigenvalue weighted by Gasteiger charge is -2.07. The molecule has 0 unspecified atom stereocenters. The van der Waals surface area contributed by atoms with Crippen LogP contribution in [-0.4, -0.2) is 26.3 Å². The van der Waals surface area contributed by atoms with Crippen molar-refractivity contribution < 1.29 is 14.2 Å². The molecule has 20 heavy (non-hydrogen) atoms. The van der Waals surface area contributed by atoms with Gasteiger partial charge in [0.25, 0.3) is 0 Å². The van der Waals surface area contributed by atoms with Crippen LogP contribution in [-0.2, 0) is 0 Å². The van der Waals surface area contributed by atoms with Crippen LogP contribution in [0, 0.1) is 6.92 Å². The number of hydrogen-bond acceptors (Lipinski definition) is 3. The number of nitrogens with one attached hydrogen (secondary N) is 1. The van der Waals surface area contributed by atoms with Gasteiger partial charge in [0, 0.05) is 10.8 Å². The molecular formula is C16H17NO3. The maximum atomic E-state index is 5.51. The first kappa shape index (κ1) is 12.7. The van der Waals surface area contributed by atoms with Gasteiger partial charge in [0.05, 0.1) is 32.4 Å². The van der Waals surface area contributed by atoms with E-state index in [2.05, 4.69) is 17.1 Å². The average molecular weight is 271 g/mol. The first-order valence-electron chi connectivity index (χ1n) is 6.41. The van der Waals surface area contributed by atoms with Gasteiger partial charge in [-0.1, -0.05) is 12.1 Å². The third kappa shape index (κ3) is 1.61. The third-order valence-electron chi connectivity index (χ3n) is 3.64. The Morgan fingerprint density at radius 3 is 1.95 bits per heavy atom. The van der Waals surface area contributed by atoms with E-state index in [0.717, 1.165) is 33.1 Å². The van der Waals surface area contributed by atoms with Crippen LogP contribution in [0.2, 0.25) is 0 Å². The molecule has 0 atom stereocenters. The number of aromatic nitrogens is 1. The smallest absolute Gasteiger partial charge is 0.184 e. The summed E-state index contributed by atoms with van der Waals surface area (Å²) in [5.74, 6) is 2.28. The van der Waals surface area contributed by atoms with E-state index in [1.54, 1.807) is 21.3 Å². The van der Waals surface area contributed by atoms with Gasteiger partial charge < -0.3 is 19.2 Å². The highest BCUT2D eigenvalue weighted by Crippen LogP contribution is 2.41. The van der Waals surface area contributed by atoms with Crippen LogP contribution in [0.25, 0.3) is 21.8 Å². The Kier molecular flexibility index (Phi) is 2.93. The van der Waals surface area contributed by atoms with Crippen LogP contribution in [0.5, 0.6) is 17.2 Å². The Morgan fingerprint density at radius 1 is 0.750 bits per heavy atom. The largest absolute Gasteiger partial charge is 0.494 e. The minimum atomic E-state index is 0.709. The van der Waals surface area contributed by atoms with Gasteiger partial charge in [-0.2, -0.15) is 0 Å². The van der Waals surface area contributed by atoms with Crippen molar-refractivity contribution in [3.8, 4) is 17.2 Å². The normalized spacial score (nSPS) is 11.0. The zero-order chi connectivity index (χ0) is 14.3. The number of ether oxygens (including phenoxy) is 3. The Morgan fingerprint density at radius 2 is 1.35 bits per heavy atom. The highest BCUT2D eigenvalue weighted by molar-refractivity contribution is 6.11. The van der Waals surface area contributed by atoms with E-state index in [0.29, 0.717) is 11.5 Å². The second kappa shape index (κ2) is 4.63. The molecule has 0 spiro atoms. The van der Waals surface area contributed by atoms with E-state index in [4.69, 9.17) is 14.2 Å². The van der Waals surface area contributed by atoms with Gasteiger partial charge >= 0.3 is 0 Å². The summed E-state index contributed by atoms with van der Waals surface area (Å²) in [5.41, 5.74) is 3.00. The van der Waals surface area contributed by atoms with Crippen molar-refractivity contribution in [1.82, 2.24) is 4.98 Å². The molecule has 0 aliphatic heterocycles. The van der Waals surface area contributed by atoms with Crippen molar-refractivity contribution in [2.75, 3.05) is 21.3 Å². The molecule has 1 heterocycles. The standard InChI is InChI=1S/C16H17NO3/c1-9-5-6-10-11-7-8-12(18-2)16(20-4)14(11)17-13(10)15(9)19-3/h5-8,17H,1-4H3. The molecule has 3 rings (SSSR count). The summed E-state index contributed by atoms with van der Waals surface area (Å²) in [5, 5.41) is 2.21. The fourth-order valence-corrected chi connectivity index (χ4v) is 2.70. The Balaban J connectivity index is 2.47. The van der Waals surface area contributed by atoms with Gasteiger partial charge in [-0.15, -0.1) is 0 Å². The van der Waals surface area contributed by atoms with Crippen molar-refractivity contribution in [2.45, 2.75) is 6.92 Å². The van der Waals surface area contributed by atoms with Crippen molar-refractivity contribution in [2.24, 2.45) is 0 Å². The number of hydrogen-bond donors (Lipinski definition) is 1. The molecule has 0 bridgehead atoms. The summed E-state index contributed by atoms with van der Waals surface area (Å²) in [7, 11) is 4.97. The SMILES string of the molecule is COc1ccc2c([nH]c3c(OC)c(C)ccc32)c1OC. The summed E-state index contributed by atoms with van der Waals surface area (Å²) in [6, 6.07) is 8.11. The predicted octanol–water partition coefficient (Wildman–Crippen LogP) is 3.66. The monoisotopic (exact) mass is 271 g/mol. The van der Waals surface area contributed by atoms with Crippen LogP contribution >= 0.6 is 0 Å². The van der Waals surface area contributed by atoms with Gasteiger partial charge in [0.1, 0.15) is 5.75 Å². The number of rotatable bonds is 3. The number of aromatic amines is 1. The fraction of sp³-hybridized carbons (Fsp3) is 0.250. The molecule has 0 amide bonds. The van der Waals surface area contributed by atoms with Crippen LogP contribution in [0.3, 0.4) is 0 Å². The molecule has 1 aromatic heterocycles. The number of H-pyrrole nitrogens is 1. The summed E-state index contributed by atoms with van der Waals surface area (Å²) in [4.78, 5) is 3.40. The van der Waals surface area contributed by atoms with Gasteiger partial charge in [0.2, 0.25) is 0 Å². The first-order valence-corrected chi connectivity index (χ1v) is 6.41. The van der Waals surface area contributed by atoms with Gasteiger partial charge in [-0.25, -0.2) is 0 Å². The molecule has 0 saturated heterocycles. The van der Waals surface area contributed by atoms with Crippen LogP contribution in [0.4, 0.5) is 0 Å². The lowest BCUT2D eigenvalue weighted by Crippen LogP contribution is -1.91. The van der Waals surface area contributed by atoms with Gasteiger partial charge in [0.15, 0.2) is 11.5 Å². The number of methoxy groups -OCH3 is 3. The van der Waals surface area contributed by atoms with Crippen molar-refractivity contribution in [1.29, 1.82) is 0 Å². The molecule has 0 aliphatic rings. The second-order valence-electron chi connectivity index (χ2n) is 4.69. The van der Waals surface area contributed by atoms with E-state index in [1.165, 1.54) is 0 Å². The van der Waals surface area contributed by atoms with Crippen molar-refractivity contribution >= 4 is 21.8 Å². The number of benzene rings is 2. The van der Waals surface area contributed by atoms with Crippen molar-refractivity contribution in [3.63, 3.8) is 0 Å². The van der Waals surface area contributed by atoms with E-state index in [-0.39, 0.29) is 0 Å². The van der Waals surface area contributed by atoms with E-state index < -0.39 is 0 Å². The van der Waals surface area contributed by atoms with Crippen LogP contribution in [0.1, 0.15) is 5.56 Å². The maximum Gasteiger partial charge on any atom is 0.184 e. The third-order valence-corrected chi connectivity index (χ3v) is 3.64. The van der Waals surface area contributed by atoms with E-state index in [1.807, 2.05) is 19.1 Å². The molecule has 3 aromatic rings. The zero-order valence-electron chi connectivity index (χ0n) is 12.0. The topological polar surface area (TPSA) is 43.5 Å². The molecular weight excluding hydrogens is 254 g/mol. The molecule has 0 fully saturated rings. The minimum Gasteiger partial charge on any atom is -0.494 e. The van der Waals surface area contributed by atoms with E-state index >= 15 is 0 Å². The Bertz CT molecular complexity index is 789. The maximum absolute atomic E-state index is 5.51. The first-order chi connectivity index (χ1) is 9.71. The summed E-state index contributed by atoms with van der Waals surface area (Å²) in [6.45, 7) is 2.03. The van der Waals surface area contributed by atoms with Gasteiger partial charge in [-0.3, -0.25) is 0 Å². The highest BCUT2D eigenvalue weighted by Gasteiger charge is 2.16. The molecule has 0 radical (unpaired) electrons. The molecule has 1 N–H and O–H groups in total. The molecule has 4 nitrogen and oxygen atoms in total. The summed E-state index contributed by atoms with van der Waals surface area (Å²) in [6.07, 6.45) is 0. The molecule has 2 aromatic carbocycles. The van der Waals surface area contributed by atoms with Crippen molar-refractivity contribution in [3.05, 3.63) is 29.8 Å². The minimum absolute atomic E-state index is 0.709. The highest BCUT2D eigenvalue weighted by atomic mass is 16.5. The quantitative estimate of drug-likeness (QED) is 0.790. The lowest BCUT2D eigenvalue weighted by molar-refractivity contribution is 0.358. The number of fused-ring (bicyclic) bond motifs is 3. The summed E-state index contributed by atoms with van der Waals surface area (Å²) >= 11 is 0. The number of aryl methyl sites for hydroxylation is 1. The average Bonchev–Trinajstić information content (AvgIpc) is 2.84. The van der Waals surface area contributed by atoms with E-state index in [9.17, 15) is 0 Å². The second-order valence-corrected chi connectivity index (χ2v) is 4.69. The molecule has 4 heteroatoms. The molecule has 0 saturated carbocycles. The Labute approximate surface area is 117 Å². The van der Waals surface area contributed by atoms with Crippen LogP contribution < -0.4 is 14.2 Å². The molecule has 104 valence electrons. The lowest BCUT2D eigenvalue weighted by atomic mass is 10.1. The van der Waals surface area contributed by atoms with Gasteiger partial charge in [-0.05, 0) is 24.6 Å². The predicted molar refractivity (Wildman–Crippen MR) is 80.2 cm³/mol. The summed E-state index contributed by atoms with van der Waals surface area (Å²) < 4.78 is 16.3. The van der Waals surface area contributed by atoms with Crippen LogP contribution in [0.15, 0.2) is 24.3 Å². The fourth-order valence-electron chi connectivity index (χ4n) is 2.70. The molecule has 0 aliphatic carbocycles.